The van der Waals surface area contributed by atoms with Crippen LogP contribution in [0.4, 0.5) is 5.69 Å². The number of aromatic nitrogens is 1. The van der Waals surface area contributed by atoms with Crippen LogP contribution >= 0.6 is 0 Å². The zero-order valence-corrected chi connectivity index (χ0v) is 19.3. The van der Waals surface area contributed by atoms with E-state index in [9.17, 15) is 14.7 Å². The van der Waals surface area contributed by atoms with Gasteiger partial charge in [0, 0.05) is 18.1 Å². The minimum atomic E-state index is -0.806. The van der Waals surface area contributed by atoms with Gasteiger partial charge in [-0.3, -0.25) is 19.5 Å². The maximum Gasteiger partial charge on any atom is 0.300 e. The second kappa shape index (κ2) is 8.54. The summed E-state index contributed by atoms with van der Waals surface area (Å²) in [4.78, 5) is 32.2. The number of ether oxygens (including phenoxy) is 1. The molecule has 6 nitrogen and oxygen atoms in total. The number of amides is 1. The van der Waals surface area contributed by atoms with Crippen LogP contribution < -0.4 is 9.64 Å². The monoisotopic (exact) mass is 442 g/mol. The van der Waals surface area contributed by atoms with E-state index in [1.54, 1.807) is 30.6 Å². The highest BCUT2D eigenvalue weighted by Crippen LogP contribution is 2.44. The van der Waals surface area contributed by atoms with Gasteiger partial charge in [0.25, 0.3) is 11.7 Å². The molecule has 1 amide bonds. The smallest absolute Gasteiger partial charge is 0.300 e. The van der Waals surface area contributed by atoms with Gasteiger partial charge in [-0.05, 0) is 85.8 Å². The standard InChI is InChI=1S/C27H26N2O4/c1-15-10-16(2)13-20(12-15)29-23(19-6-8-28-9-7-19)22(25(31)27(29)32)24(30)21-14-17(3)11-18(4)26(21)33-5/h6-14,23,30H,1-5H3/b24-22+. The zero-order chi connectivity index (χ0) is 23.9. The van der Waals surface area contributed by atoms with Crippen LogP contribution in [0.25, 0.3) is 5.76 Å². The largest absolute Gasteiger partial charge is 0.507 e. The molecule has 0 aliphatic carbocycles. The van der Waals surface area contributed by atoms with Gasteiger partial charge >= 0.3 is 0 Å². The van der Waals surface area contributed by atoms with E-state index < -0.39 is 17.7 Å². The van der Waals surface area contributed by atoms with E-state index in [0.717, 1.165) is 22.3 Å². The zero-order valence-electron chi connectivity index (χ0n) is 19.3. The molecule has 1 aliphatic rings. The second-order valence-electron chi connectivity index (χ2n) is 8.46. The summed E-state index contributed by atoms with van der Waals surface area (Å²) < 4.78 is 5.54. The average molecular weight is 443 g/mol. The summed E-state index contributed by atoms with van der Waals surface area (Å²) in [6, 6.07) is 12.1. The summed E-state index contributed by atoms with van der Waals surface area (Å²) in [6.07, 6.45) is 3.21. The molecule has 33 heavy (non-hydrogen) atoms. The normalized spacial score (nSPS) is 17.5. The molecular weight excluding hydrogens is 416 g/mol. The molecular formula is C27H26N2O4. The second-order valence-corrected chi connectivity index (χ2v) is 8.46. The van der Waals surface area contributed by atoms with Gasteiger partial charge in [-0.1, -0.05) is 12.1 Å². The molecule has 168 valence electrons. The Labute approximate surface area is 193 Å². The van der Waals surface area contributed by atoms with Crippen molar-refractivity contribution < 1.29 is 19.4 Å². The van der Waals surface area contributed by atoms with Gasteiger partial charge in [0.05, 0.1) is 24.3 Å². The number of hydrogen-bond donors (Lipinski definition) is 1. The van der Waals surface area contributed by atoms with E-state index in [2.05, 4.69) is 4.98 Å². The third-order valence-electron chi connectivity index (χ3n) is 5.83. The van der Waals surface area contributed by atoms with Crippen LogP contribution in [0.5, 0.6) is 5.75 Å². The molecule has 1 fully saturated rings. The van der Waals surface area contributed by atoms with E-state index in [0.29, 0.717) is 22.6 Å². The van der Waals surface area contributed by atoms with Crippen LogP contribution in [-0.4, -0.2) is 28.9 Å². The number of nitrogens with zero attached hydrogens (tertiary/aromatic N) is 2. The summed E-state index contributed by atoms with van der Waals surface area (Å²) in [6.45, 7) is 7.65. The van der Waals surface area contributed by atoms with E-state index >= 15 is 0 Å². The highest BCUT2D eigenvalue weighted by atomic mass is 16.5. The molecule has 0 spiro atoms. The topological polar surface area (TPSA) is 79.7 Å². The van der Waals surface area contributed by atoms with Crippen molar-refractivity contribution >= 4 is 23.1 Å². The minimum Gasteiger partial charge on any atom is -0.507 e. The Morgan fingerprint density at radius 3 is 2.15 bits per heavy atom. The number of hydrogen-bond acceptors (Lipinski definition) is 5. The predicted molar refractivity (Wildman–Crippen MR) is 127 cm³/mol. The van der Waals surface area contributed by atoms with Gasteiger partial charge in [0.2, 0.25) is 0 Å². The third kappa shape index (κ3) is 3.89. The first kappa shape index (κ1) is 22.3. The number of anilines is 1. The Morgan fingerprint density at radius 1 is 0.939 bits per heavy atom. The molecule has 1 saturated heterocycles. The fourth-order valence-corrected chi connectivity index (χ4v) is 4.60. The van der Waals surface area contributed by atoms with Crippen LogP contribution in [-0.2, 0) is 9.59 Å². The predicted octanol–water partition coefficient (Wildman–Crippen LogP) is 4.95. The SMILES string of the molecule is COc1c(C)cc(C)cc1/C(O)=C1\C(=O)C(=O)N(c2cc(C)cc(C)c2)C1c1ccncc1. The molecule has 0 saturated carbocycles. The van der Waals surface area contributed by atoms with Crippen molar-refractivity contribution in [1.29, 1.82) is 0 Å². The molecule has 4 rings (SSSR count). The Hall–Kier alpha value is -3.93. The van der Waals surface area contributed by atoms with Crippen molar-refractivity contribution in [3.63, 3.8) is 0 Å². The van der Waals surface area contributed by atoms with E-state index in [-0.39, 0.29) is 11.3 Å². The number of rotatable bonds is 4. The maximum absolute atomic E-state index is 13.4. The fraction of sp³-hybridized carbons (Fsp3) is 0.222. The third-order valence-corrected chi connectivity index (χ3v) is 5.83. The van der Waals surface area contributed by atoms with Gasteiger partial charge in [-0.2, -0.15) is 0 Å². The van der Waals surface area contributed by atoms with Crippen molar-refractivity contribution in [3.05, 3.63) is 93.8 Å². The Bertz CT molecular complexity index is 1270. The summed E-state index contributed by atoms with van der Waals surface area (Å²) in [5.41, 5.74) is 5.34. The molecule has 1 aliphatic heterocycles. The van der Waals surface area contributed by atoms with E-state index in [4.69, 9.17) is 4.74 Å². The number of pyridine rings is 1. The number of carbonyl (C=O) groups is 2. The number of aliphatic hydroxyl groups is 1. The molecule has 2 aromatic carbocycles. The lowest BCUT2D eigenvalue weighted by Gasteiger charge is -2.26. The fourth-order valence-electron chi connectivity index (χ4n) is 4.60. The van der Waals surface area contributed by atoms with Gasteiger partial charge in [-0.25, -0.2) is 0 Å². The number of methoxy groups -OCH3 is 1. The van der Waals surface area contributed by atoms with Gasteiger partial charge in [0.15, 0.2) is 0 Å². The van der Waals surface area contributed by atoms with E-state index in [1.165, 1.54) is 12.0 Å². The lowest BCUT2D eigenvalue weighted by Crippen LogP contribution is -2.29. The lowest BCUT2D eigenvalue weighted by atomic mass is 9.94. The van der Waals surface area contributed by atoms with Crippen molar-refractivity contribution in [2.75, 3.05) is 12.0 Å². The molecule has 3 aromatic rings. The molecule has 1 unspecified atom stereocenters. The van der Waals surface area contributed by atoms with Crippen LogP contribution in [0.2, 0.25) is 0 Å². The van der Waals surface area contributed by atoms with E-state index in [1.807, 2.05) is 52.0 Å². The van der Waals surface area contributed by atoms with Crippen LogP contribution in [0, 0.1) is 27.7 Å². The number of aliphatic hydroxyl groups excluding tert-OH is 1. The van der Waals surface area contributed by atoms with Gasteiger partial charge in [-0.15, -0.1) is 0 Å². The molecule has 1 N–H and O–H groups in total. The quantitative estimate of drug-likeness (QED) is 0.351. The Morgan fingerprint density at radius 2 is 1.55 bits per heavy atom. The Kier molecular flexibility index (Phi) is 5.77. The highest BCUT2D eigenvalue weighted by Gasteiger charge is 2.47. The van der Waals surface area contributed by atoms with Gasteiger partial charge < -0.3 is 9.84 Å². The molecule has 0 bridgehead atoms. The van der Waals surface area contributed by atoms with Crippen LogP contribution in [0.15, 0.2) is 60.4 Å². The summed E-state index contributed by atoms with van der Waals surface area (Å²) >= 11 is 0. The summed E-state index contributed by atoms with van der Waals surface area (Å²) in [5.74, 6) is -1.23. The van der Waals surface area contributed by atoms with Crippen molar-refractivity contribution in [3.8, 4) is 5.75 Å². The maximum atomic E-state index is 13.4. The minimum absolute atomic E-state index is 0.0219. The van der Waals surface area contributed by atoms with Crippen LogP contribution in [0.1, 0.15) is 39.4 Å². The van der Waals surface area contributed by atoms with Crippen molar-refractivity contribution in [2.24, 2.45) is 0 Å². The molecule has 1 aromatic heterocycles. The number of ketones is 1. The average Bonchev–Trinajstić information content (AvgIpc) is 3.03. The number of Topliss-reactive ketones (excluding diaryl/α,β-unsaturated/α-hetero) is 1. The lowest BCUT2D eigenvalue weighted by molar-refractivity contribution is -0.132. The number of aryl methyl sites for hydroxylation is 4. The summed E-state index contributed by atoms with van der Waals surface area (Å²) in [7, 11) is 1.52. The first-order chi connectivity index (χ1) is 15.7. The first-order valence-electron chi connectivity index (χ1n) is 10.7. The molecule has 1 atom stereocenters. The summed E-state index contributed by atoms with van der Waals surface area (Å²) in [5, 5.41) is 11.5. The number of benzene rings is 2. The molecule has 2 heterocycles. The van der Waals surface area contributed by atoms with Crippen LogP contribution in [0.3, 0.4) is 0 Å². The molecule has 6 heteroatoms. The van der Waals surface area contributed by atoms with Crippen molar-refractivity contribution in [1.82, 2.24) is 4.98 Å². The first-order valence-corrected chi connectivity index (χ1v) is 10.7. The molecule has 0 radical (unpaired) electrons. The Balaban J connectivity index is 2.02. The highest BCUT2D eigenvalue weighted by molar-refractivity contribution is 6.51. The van der Waals surface area contributed by atoms with Gasteiger partial charge in [0.1, 0.15) is 11.5 Å². The van der Waals surface area contributed by atoms with Crippen molar-refractivity contribution in [2.45, 2.75) is 33.7 Å². The number of carbonyl (C=O) groups excluding carboxylic acids is 2.